The number of esters is 1. The van der Waals surface area contributed by atoms with Gasteiger partial charge in [-0.2, -0.15) is 0 Å². The van der Waals surface area contributed by atoms with Gasteiger partial charge < -0.3 is 14.8 Å². The van der Waals surface area contributed by atoms with Crippen LogP contribution in [0.4, 0.5) is 0 Å². The molecule has 0 aromatic carbocycles. The number of hydrogen-bond acceptors (Lipinski definition) is 5. The standard InChI is InChI=1S/C46H86N2O4/c1-5-7-9-11-13-15-17-19-20-21-23-25-27-29-31-35-43(49)47-42(40-51-44(50)39-48-36-32-33-37-48)45-41(38-46(3,4)52-45)34-30-28-26-24-22-18-16-14-12-10-8-6-2/h19-20,41-42,45H,5-18,21-40H2,1-4H3,(H,47,49)/b20-19-/t41-,42-,45+/m0/s1. The summed E-state index contributed by atoms with van der Waals surface area (Å²) in [4.78, 5) is 28.3. The zero-order valence-corrected chi connectivity index (χ0v) is 35.0. The van der Waals surface area contributed by atoms with Gasteiger partial charge in [0.1, 0.15) is 6.61 Å². The Morgan fingerprint density at radius 1 is 0.712 bits per heavy atom. The van der Waals surface area contributed by atoms with Gasteiger partial charge >= 0.3 is 5.97 Å². The van der Waals surface area contributed by atoms with Gasteiger partial charge in [0.15, 0.2) is 0 Å². The third-order valence-corrected chi connectivity index (χ3v) is 11.5. The predicted molar refractivity (Wildman–Crippen MR) is 221 cm³/mol. The first-order valence-corrected chi connectivity index (χ1v) is 22.8. The van der Waals surface area contributed by atoms with Crippen molar-refractivity contribution in [3.63, 3.8) is 0 Å². The molecule has 0 aromatic heterocycles. The van der Waals surface area contributed by atoms with Gasteiger partial charge in [-0.1, -0.05) is 154 Å². The number of ether oxygens (including phenoxy) is 2. The molecule has 2 heterocycles. The first-order valence-electron chi connectivity index (χ1n) is 22.8. The maximum absolute atomic E-state index is 13.3. The second kappa shape index (κ2) is 30.9. The van der Waals surface area contributed by atoms with E-state index >= 15 is 0 Å². The van der Waals surface area contributed by atoms with Crippen LogP contribution in [0.3, 0.4) is 0 Å². The quantitative estimate of drug-likeness (QED) is 0.0406. The van der Waals surface area contributed by atoms with Crippen LogP contribution >= 0.6 is 0 Å². The summed E-state index contributed by atoms with van der Waals surface area (Å²) in [5, 5.41) is 3.31. The van der Waals surface area contributed by atoms with Gasteiger partial charge in [-0.15, -0.1) is 0 Å². The first-order chi connectivity index (χ1) is 25.3. The van der Waals surface area contributed by atoms with E-state index in [2.05, 4.69) is 50.1 Å². The molecule has 0 spiro atoms. The van der Waals surface area contributed by atoms with Crippen LogP contribution in [0.5, 0.6) is 0 Å². The lowest BCUT2D eigenvalue weighted by atomic mass is 9.86. The van der Waals surface area contributed by atoms with E-state index in [1.54, 1.807) is 0 Å². The Labute approximate surface area is 322 Å². The number of likely N-dealkylation sites (tertiary alicyclic amines) is 1. The second-order valence-corrected chi connectivity index (χ2v) is 17.2. The molecule has 0 aliphatic carbocycles. The van der Waals surface area contributed by atoms with Crippen LogP contribution in [-0.2, 0) is 19.1 Å². The SMILES string of the molecule is CCCCCCCC/C=C\CCCCCCCC(=O)N[C@@H](COC(=O)CN1CCCC1)[C@@H]1OC(C)(C)C[C@@H]1CCCCCCCCCCCCCC. The zero-order valence-electron chi connectivity index (χ0n) is 35.0. The van der Waals surface area contributed by atoms with E-state index in [1.807, 2.05) is 0 Å². The molecule has 2 aliphatic heterocycles. The fourth-order valence-corrected chi connectivity index (χ4v) is 8.39. The van der Waals surface area contributed by atoms with E-state index in [0.717, 1.165) is 51.6 Å². The summed E-state index contributed by atoms with van der Waals surface area (Å²) < 4.78 is 12.5. The van der Waals surface area contributed by atoms with Crippen molar-refractivity contribution in [3.8, 4) is 0 Å². The van der Waals surface area contributed by atoms with Crippen LogP contribution in [-0.4, -0.2) is 60.8 Å². The minimum atomic E-state index is -0.303. The smallest absolute Gasteiger partial charge is 0.320 e. The number of carbonyl (C=O) groups excluding carboxylic acids is 2. The van der Waals surface area contributed by atoms with Crippen molar-refractivity contribution in [2.45, 2.75) is 238 Å². The topological polar surface area (TPSA) is 67.9 Å². The molecule has 52 heavy (non-hydrogen) atoms. The number of allylic oxidation sites excluding steroid dienone is 2. The molecule has 6 heteroatoms. The van der Waals surface area contributed by atoms with Gasteiger partial charge in [0, 0.05) is 6.42 Å². The molecular weight excluding hydrogens is 645 g/mol. The molecule has 304 valence electrons. The van der Waals surface area contributed by atoms with Crippen LogP contribution in [0.1, 0.15) is 220 Å². The van der Waals surface area contributed by atoms with E-state index in [-0.39, 0.29) is 36.2 Å². The summed E-state index contributed by atoms with van der Waals surface area (Å²) in [6.07, 6.45) is 41.9. The number of nitrogens with one attached hydrogen (secondary N) is 1. The molecule has 2 aliphatic rings. The minimum Gasteiger partial charge on any atom is -0.462 e. The molecule has 2 saturated heterocycles. The summed E-state index contributed by atoms with van der Waals surface area (Å²) in [6, 6.07) is -0.303. The van der Waals surface area contributed by atoms with E-state index in [0.29, 0.717) is 18.9 Å². The zero-order chi connectivity index (χ0) is 37.5. The average Bonchev–Trinajstić information content (AvgIpc) is 3.75. The summed E-state index contributed by atoms with van der Waals surface area (Å²) in [7, 11) is 0. The monoisotopic (exact) mass is 731 g/mol. The first kappa shape index (κ1) is 46.8. The van der Waals surface area contributed by atoms with Crippen LogP contribution in [0, 0.1) is 5.92 Å². The Morgan fingerprint density at radius 3 is 1.73 bits per heavy atom. The summed E-state index contributed by atoms with van der Waals surface area (Å²) in [6.45, 7) is 11.4. The average molecular weight is 731 g/mol. The third kappa shape index (κ3) is 24.1. The van der Waals surface area contributed by atoms with Gasteiger partial charge in [0.2, 0.25) is 5.91 Å². The van der Waals surface area contributed by atoms with Crippen molar-refractivity contribution in [3.05, 3.63) is 12.2 Å². The number of unbranched alkanes of at least 4 members (excludes halogenated alkanes) is 22. The highest BCUT2D eigenvalue weighted by Gasteiger charge is 2.44. The number of nitrogens with zero attached hydrogens (tertiary/aromatic N) is 1. The molecule has 6 nitrogen and oxygen atoms in total. The lowest BCUT2D eigenvalue weighted by Crippen LogP contribution is -2.49. The van der Waals surface area contributed by atoms with Crippen molar-refractivity contribution < 1.29 is 19.1 Å². The molecule has 0 radical (unpaired) electrons. The fourth-order valence-electron chi connectivity index (χ4n) is 8.39. The predicted octanol–water partition coefficient (Wildman–Crippen LogP) is 12.4. The maximum atomic E-state index is 13.3. The lowest BCUT2D eigenvalue weighted by Gasteiger charge is -2.30. The Bertz CT molecular complexity index is 899. The van der Waals surface area contributed by atoms with Crippen molar-refractivity contribution in [2.75, 3.05) is 26.2 Å². The van der Waals surface area contributed by atoms with Gasteiger partial charge in [-0.3, -0.25) is 14.5 Å². The molecule has 0 aromatic rings. The number of amides is 1. The molecule has 2 fully saturated rings. The van der Waals surface area contributed by atoms with E-state index in [4.69, 9.17) is 9.47 Å². The molecule has 0 bridgehead atoms. The Morgan fingerprint density at radius 2 is 1.19 bits per heavy atom. The second-order valence-electron chi connectivity index (χ2n) is 17.2. The van der Waals surface area contributed by atoms with Crippen molar-refractivity contribution in [1.29, 1.82) is 0 Å². The lowest BCUT2D eigenvalue weighted by molar-refractivity contribution is -0.148. The normalized spacial score (nSPS) is 19.5. The van der Waals surface area contributed by atoms with Crippen molar-refractivity contribution in [2.24, 2.45) is 5.92 Å². The van der Waals surface area contributed by atoms with Gasteiger partial charge in [-0.25, -0.2) is 0 Å². The van der Waals surface area contributed by atoms with E-state index in [9.17, 15) is 9.59 Å². The number of rotatable bonds is 34. The van der Waals surface area contributed by atoms with Gasteiger partial charge in [0.05, 0.1) is 24.3 Å². The van der Waals surface area contributed by atoms with Crippen LogP contribution < -0.4 is 5.32 Å². The van der Waals surface area contributed by atoms with Gasteiger partial charge in [0.25, 0.3) is 0 Å². The minimum absolute atomic E-state index is 0.0654. The molecule has 1 amide bonds. The van der Waals surface area contributed by atoms with Crippen molar-refractivity contribution >= 4 is 11.9 Å². The Kier molecular flexibility index (Phi) is 27.8. The summed E-state index contributed by atoms with van der Waals surface area (Å²) in [5.74, 6) is 0.240. The molecule has 3 atom stereocenters. The van der Waals surface area contributed by atoms with E-state index < -0.39 is 0 Å². The number of hydrogen-bond donors (Lipinski definition) is 1. The van der Waals surface area contributed by atoms with E-state index in [1.165, 1.54) is 148 Å². The third-order valence-electron chi connectivity index (χ3n) is 11.5. The summed E-state index contributed by atoms with van der Waals surface area (Å²) in [5.41, 5.74) is -0.238. The molecule has 1 N–H and O–H groups in total. The van der Waals surface area contributed by atoms with Gasteiger partial charge in [-0.05, 0) is 90.6 Å². The highest BCUT2D eigenvalue weighted by atomic mass is 16.5. The largest absolute Gasteiger partial charge is 0.462 e. The molecular formula is C46H86N2O4. The van der Waals surface area contributed by atoms with Crippen LogP contribution in [0.25, 0.3) is 0 Å². The van der Waals surface area contributed by atoms with Crippen LogP contribution in [0.15, 0.2) is 12.2 Å². The number of carbonyl (C=O) groups is 2. The Balaban J connectivity index is 1.73. The molecule has 0 saturated carbocycles. The van der Waals surface area contributed by atoms with Crippen LogP contribution in [0.2, 0.25) is 0 Å². The highest BCUT2D eigenvalue weighted by molar-refractivity contribution is 5.76. The molecule has 2 rings (SSSR count). The molecule has 0 unspecified atom stereocenters. The van der Waals surface area contributed by atoms with Crippen molar-refractivity contribution in [1.82, 2.24) is 10.2 Å². The summed E-state index contributed by atoms with van der Waals surface area (Å²) >= 11 is 0. The Hall–Kier alpha value is -1.40. The highest BCUT2D eigenvalue weighted by Crippen LogP contribution is 2.39. The maximum Gasteiger partial charge on any atom is 0.320 e. The fraction of sp³-hybridized carbons (Fsp3) is 0.913.